The zero-order valence-electron chi connectivity index (χ0n) is 8.82. The van der Waals surface area contributed by atoms with Gasteiger partial charge < -0.3 is 9.67 Å². The molecule has 0 spiro atoms. The standard InChI is InChI=1S/C11H8BrFN2O2/c1-15-8(11(16)17)9(12)14-10(15)6-3-2-4-7(13)5-6/h2-5H,1H3,(H,16,17). The summed E-state index contributed by atoms with van der Waals surface area (Å²) in [4.78, 5) is 15.1. The minimum atomic E-state index is -1.09. The molecule has 0 bridgehead atoms. The Morgan fingerprint density at radius 1 is 1.53 bits per heavy atom. The Kier molecular flexibility index (Phi) is 2.97. The molecule has 2 rings (SSSR count). The first kappa shape index (κ1) is 11.8. The van der Waals surface area contributed by atoms with Crippen molar-refractivity contribution in [2.45, 2.75) is 0 Å². The van der Waals surface area contributed by atoms with E-state index in [0.717, 1.165) is 0 Å². The van der Waals surface area contributed by atoms with E-state index in [1.807, 2.05) is 0 Å². The minimum Gasteiger partial charge on any atom is -0.476 e. The van der Waals surface area contributed by atoms with Crippen molar-refractivity contribution in [3.8, 4) is 11.4 Å². The van der Waals surface area contributed by atoms with Crippen molar-refractivity contribution in [2.24, 2.45) is 7.05 Å². The number of halogens is 2. The van der Waals surface area contributed by atoms with E-state index in [-0.39, 0.29) is 10.3 Å². The summed E-state index contributed by atoms with van der Waals surface area (Å²) in [6, 6.07) is 5.84. The second-order valence-corrected chi connectivity index (χ2v) is 4.20. The number of hydrogen-bond acceptors (Lipinski definition) is 2. The lowest BCUT2D eigenvalue weighted by atomic mass is 10.2. The van der Waals surface area contributed by atoms with E-state index >= 15 is 0 Å². The molecule has 0 aliphatic rings. The van der Waals surface area contributed by atoms with Crippen molar-refractivity contribution in [1.82, 2.24) is 9.55 Å². The van der Waals surface area contributed by atoms with Crippen molar-refractivity contribution in [3.05, 3.63) is 40.4 Å². The summed E-state index contributed by atoms with van der Waals surface area (Å²) in [5.41, 5.74) is 0.560. The SMILES string of the molecule is Cn1c(-c2cccc(F)c2)nc(Br)c1C(=O)O. The van der Waals surface area contributed by atoms with Crippen LogP contribution in [0.1, 0.15) is 10.5 Å². The molecular formula is C11H8BrFN2O2. The van der Waals surface area contributed by atoms with E-state index in [1.54, 1.807) is 19.2 Å². The van der Waals surface area contributed by atoms with E-state index in [1.165, 1.54) is 16.7 Å². The van der Waals surface area contributed by atoms with Crippen LogP contribution >= 0.6 is 15.9 Å². The van der Waals surface area contributed by atoms with Crippen LogP contribution in [0.3, 0.4) is 0 Å². The lowest BCUT2D eigenvalue weighted by Crippen LogP contribution is -2.05. The van der Waals surface area contributed by atoms with Crippen LogP contribution in [0.25, 0.3) is 11.4 Å². The summed E-state index contributed by atoms with van der Waals surface area (Å²) >= 11 is 3.08. The monoisotopic (exact) mass is 298 g/mol. The molecule has 6 heteroatoms. The lowest BCUT2D eigenvalue weighted by molar-refractivity contribution is 0.0685. The fourth-order valence-corrected chi connectivity index (χ4v) is 2.19. The van der Waals surface area contributed by atoms with Gasteiger partial charge in [0.05, 0.1) is 0 Å². The number of nitrogens with zero attached hydrogens (tertiary/aromatic N) is 2. The average molecular weight is 299 g/mol. The Balaban J connectivity index is 2.62. The molecule has 2 aromatic rings. The number of aromatic carboxylic acids is 1. The van der Waals surface area contributed by atoms with Gasteiger partial charge in [-0.2, -0.15) is 0 Å². The molecule has 0 radical (unpaired) electrons. The molecule has 17 heavy (non-hydrogen) atoms. The zero-order chi connectivity index (χ0) is 12.6. The van der Waals surface area contributed by atoms with E-state index in [0.29, 0.717) is 11.4 Å². The topological polar surface area (TPSA) is 55.1 Å². The van der Waals surface area contributed by atoms with Gasteiger partial charge in [0, 0.05) is 12.6 Å². The van der Waals surface area contributed by atoms with Crippen LogP contribution in [-0.4, -0.2) is 20.6 Å². The van der Waals surface area contributed by atoms with Crippen LogP contribution in [0.2, 0.25) is 0 Å². The third-order valence-electron chi connectivity index (χ3n) is 2.34. The highest BCUT2D eigenvalue weighted by Crippen LogP contribution is 2.25. The largest absolute Gasteiger partial charge is 0.476 e. The number of benzene rings is 1. The summed E-state index contributed by atoms with van der Waals surface area (Å²) in [6.45, 7) is 0. The van der Waals surface area contributed by atoms with E-state index in [2.05, 4.69) is 20.9 Å². The smallest absolute Gasteiger partial charge is 0.355 e. The normalized spacial score (nSPS) is 10.5. The highest BCUT2D eigenvalue weighted by Gasteiger charge is 2.19. The van der Waals surface area contributed by atoms with Crippen LogP contribution < -0.4 is 0 Å². The van der Waals surface area contributed by atoms with E-state index in [4.69, 9.17) is 5.11 Å². The number of rotatable bonds is 2. The van der Waals surface area contributed by atoms with Crippen molar-refractivity contribution >= 4 is 21.9 Å². The van der Waals surface area contributed by atoms with Gasteiger partial charge >= 0.3 is 5.97 Å². The van der Waals surface area contributed by atoms with Gasteiger partial charge in [-0.25, -0.2) is 14.2 Å². The fraction of sp³-hybridized carbons (Fsp3) is 0.0909. The Morgan fingerprint density at radius 2 is 2.24 bits per heavy atom. The van der Waals surface area contributed by atoms with Crippen molar-refractivity contribution in [1.29, 1.82) is 0 Å². The highest BCUT2D eigenvalue weighted by atomic mass is 79.9. The number of aromatic nitrogens is 2. The molecule has 0 saturated heterocycles. The van der Waals surface area contributed by atoms with Gasteiger partial charge in [-0.1, -0.05) is 12.1 Å². The van der Waals surface area contributed by atoms with E-state index < -0.39 is 11.8 Å². The third kappa shape index (κ3) is 2.08. The van der Waals surface area contributed by atoms with Gasteiger partial charge in [-0.15, -0.1) is 0 Å². The number of hydrogen-bond donors (Lipinski definition) is 1. The van der Waals surface area contributed by atoms with Crippen LogP contribution in [0, 0.1) is 5.82 Å². The molecule has 0 saturated carbocycles. The number of carboxylic acids is 1. The molecule has 88 valence electrons. The molecule has 1 aromatic heterocycles. The average Bonchev–Trinajstić information content (AvgIpc) is 2.54. The molecule has 0 aliphatic heterocycles. The van der Waals surface area contributed by atoms with Gasteiger partial charge in [0.2, 0.25) is 0 Å². The molecule has 0 fully saturated rings. The van der Waals surface area contributed by atoms with Gasteiger partial charge in [-0.05, 0) is 28.1 Å². The first-order valence-electron chi connectivity index (χ1n) is 4.72. The molecule has 0 unspecified atom stereocenters. The highest BCUT2D eigenvalue weighted by molar-refractivity contribution is 9.10. The summed E-state index contributed by atoms with van der Waals surface area (Å²) in [5, 5.41) is 9.00. The minimum absolute atomic E-state index is 0.0317. The second kappa shape index (κ2) is 4.29. The Bertz CT molecular complexity index is 595. The fourth-order valence-electron chi connectivity index (χ4n) is 1.58. The summed E-state index contributed by atoms with van der Waals surface area (Å²) in [7, 11) is 1.57. The van der Waals surface area contributed by atoms with Crippen molar-refractivity contribution in [2.75, 3.05) is 0 Å². The zero-order valence-corrected chi connectivity index (χ0v) is 10.4. The third-order valence-corrected chi connectivity index (χ3v) is 2.89. The Morgan fingerprint density at radius 3 is 2.76 bits per heavy atom. The maximum absolute atomic E-state index is 13.1. The Labute approximate surface area is 105 Å². The van der Waals surface area contributed by atoms with Crippen LogP contribution in [0.4, 0.5) is 4.39 Å². The number of carbonyl (C=O) groups is 1. The van der Waals surface area contributed by atoms with Crippen LogP contribution in [0.5, 0.6) is 0 Å². The molecule has 1 N–H and O–H groups in total. The van der Waals surface area contributed by atoms with Crippen LogP contribution in [-0.2, 0) is 7.05 Å². The first-order chi connectivity index (χ1) is 8.00. The molecule has 0 atom stereocenters. The Hall–Kier alpha value is -1.69. The van der Waals surface area contributed by atoms with Crippen molar-refractivity contribution < 1.29 is 14.3 Å². The van der Waals surface area contributed by atoms with Gasteiger partial charge in [0.1, 0.15) is 16.2 Å². The summed E-state index contributed by atoms with van der Waals surface area (Å²) < 4.78 is 14.7. The maximum Gasteiger partial charge on any atom is 0.355 e. The quantitative estimate of drug-likeness (QED) is 0.927. The van der Waals surface area contributed by atoms with Gasteiger partial charge in [0.25, 0.3) is 0 Å². The van der Waals surface area contributed by atoms with Crippen molar-refractivity contribution in [3.63, 3.8) is 0 Å². The predicted octanol–water partition coefficient (Wildman–Crippen LogP) is 2.69. The predicted molar refractivity (Wildman–Crippen MR) is 63.3 cm³/mol. The summed E-state index contributed by atoms with van der Waals surface area (Å²) in [6.07, 6.45) is 0. The number of imidazole rings is 1. The molecular weight excluding hydrogens is 291 g/mol. The molecule has 1 aromatic carbocycles. The molecule has 0 aliphatic carbocycles. The maximum atomic E-state index is 13.1. The number of carboxylic acid groups (broad SMARTS) is 1. The molecule has 1 heterocycles. The van der Waals surface area contributed by atoms with Gasteiger partial charge in [-0.3, -0.25) is 0 Å². The molecule has 0 amide bonds. The van der Waals surface area contributed by atoms with E-state index in [9.17, 15) is 9.18 Å². The second-order valence-electron chi connectivity index (χ2n) is 3.45. The summed E-state index contributed by atoms with van der Waals surface area (Å²) in [5.74, 6) is -1.08. The first-order valence-corrected chi connectivity index (χ1v) is 5.51. The molecule has 4 nitrogen and oxygen atoms in total. The van der Waals surface area contributed by atoms with Gasteiger partial charge in [0.15, 0.2) is 5.69 Å². The van der Waals surface area contributed by atoms with Crippen LogP contribution in [0.15, 0.2) is 28.9 Å². The lowest BCUT2D eigenvalue weighted by Gasteiger charge is -2.03.